The number of halogens is 1. The third-order valence-electron chi connectivity index (χ3n) is 2.67. The lowest BCUT2D eigenvalue weighted by molar-refractivity contribution is 0.0943. The normalized spacial score (nSPS) is 12.2. The molecule has 1 amide bonds. The van der Waals surface area contributed by atoms with Gasteiger partial charge in [-0.3, -0.25) is 4.79 Å². The zero-order valence-electron chi connectivity index (χ0n) is 10.1. The van der Waals surface area contributed by atoms with Crippen LogP contribution < -0.4 is 5.32 Å². The highest BCUT2D eigenvalue weighted by Crippen LogP contribution is 2.16. The SMILES string of the molecule is Cc1ncsc1C(=O)N[C@@H](C)c1ccc(F)cc1. The monoisotopic (exact) mass is 264 g/mol. The van der Waals surface area contributed by atoms with Crippen molar-refractivity contribution in [2.45, 2.75) is 19.9 Å². The van der Waals surface area contributed by atoms with Gasteiger partial charge >= 0.3 is 0 Å². The Morgan fingerprint density at radius 2 is 2.06 bits per heavy atom. The van der Waals surface area contributed by atoms with Gasteiger partial charge in [-0.2, -0.15) is 0 Å². The van der Waals surface area contributed by atoms with Crippen LogP contribution in [0.5, 0.6) is 0 Å². The van der Waals surface area contributed by atoms with Crippen LogP contribution in [0.2, 0.25) is 0 Å². The highest BCUT2D eigenvalue weighted by atomic mass is 32.1. The van der Waals surface area contributed by atoms with E-state index in [0.717, 1.165) is 11.3 Å². The van der Waals surface area contributed by atoms with Gasteiger partial charge in [0.15, 0.2) is 0 Å². The first kappa shape index (κ1) is 12.7. The van der Waals surface area contributed by atoms with E-state index in [1.165, 1.54) is 23.5 Å². The summed E-state index contributed by atoms with van der Waals surface area (Å²) in [5.41, 5.74) is 3.24. The highest BCUT2D eigenvalue weighted by Gasteiger charge is 2.15. The van der Waals surface area contributed by atoms with Crippen molar-refractivity contribution in [3.8, 4) is 0 Å². The fraction of sp³-hybridized carbons (Fsp3) is 0.231. The molecule has 1 heterocycles. The molecule has 2 aromatic rings. The molecule has 5 heteroatoms. The number of carbonyl (C=O) groups excluding carboxylic acids is 1. The Balaban J connectivity index is 2.08. The van der Waals surface area contributed by atoms with Crippen LogP contribution in [0.3, 0.4) is 0 Å². The van der Waals surface area contributed by atoms with E-state index in [4.69, 9.17) is 0 Å². The highest BCUT2D eigenvalue weighted by molar-refractivity contribution is 7.11. The number of aryl methyl sites for hydroxylation is 1. The Labute approximate surface area is 109 Å². The van der Waals surface area contributed by atoms with Crippen molar-refractivity contribution in [3.05, 3.63) is 51.7 Å². The fourth-order valence-corrected chi connectivity index (χ4v) is 2.32. The van der Waals surface area contributed by atoms with E-state index < -0.39 is 0 Å². The number of nitrogens with one attached hydrogen (secondary N) is 1. The minimum Gasteiger partial charge on any atom is -0.345 e. The minimum absolute atomic E-state index is 0.146. The number of thiazole rings is 1. The maximum atomic E-state index is 12.8. The lowest BCUT2D eigenvalue weighted by atomic mass is 10.1. The van der Waals surface area contributed by atoms with E-state index >= 15 is 0 Å². The molecule has 0 fully saturated rings. The van der Waals surface area contributed by atoms with E-state index in [9.17, 15) is 9.18 Å². The second-order valence-corrected chi connectivity index (χ2v) is 4.87. The van der Waals surface area contributed by atoms with Crippen LogP contribution in [0, 0.1) is 12.7 Å². The molecule has 0 aliphatic rings. The standard InChI is InChI=1S/C13H13FN2OS/c1-8(10-3-5-11(14)6-4-10)16-13(17)12-9(2)15-7-18-12/h3-8H,1-2H3,(H,16,17)/t8-/m0/s1. The Morgan fingerprint density at radius 1 is 1.39 bits per heavy atom. The summed E-state index contributed by atoms with van der Waals surface area (Å²) in [6.07, 6.45) is 0. The van der Waals surface area contributed by atoms with Gasteiger partial charge < -0.3 is 5.32 Å². The zero-order valence-corrected chi connectivity index (χ0v) is 10.9. The van der Waals surface area contributed by atoms with Crippen LogP contribution in [0.1, 0.15) is 33.9 Å². The van der Waals surface area contributed by atoms with E-state index in [1.54, 1.807) is 24.6 Å². The maximum Gasteiger partial charge on any atom is 0.263 e. The molecule has 0 unspecified atom stereocenters. The van der Waals surface area contributed by atoms with E-state index in [1.807, 2.05) is 6.92 Å². The first-order chi connectivity index (χ1) is 8.58. The second-order valence-electron chi connectivity index (χ2n) is 4.01. The molecule has 1 aromatic heterocycles. The molecule has 0 spiro atoms. The molecule has 0 aliphatic heterocycles. The van der Waals surface area contributed by atoms with Crippen LogP contribution >= 0.6 is 11.3 Å². The van der Waals surface area contributed by atoms with Crippen molar-refractivity contribution < 1.29 is 9.18 Å². The summed E-state index contributed by atoms with van der Waals surface area (Å²) in [5, 5.41) is 2.87. The molecular weight excluding hydrogens is 251 g/mol. The molecule has 0 radical (unpaired) electrons. The lowest BCUT2D eigenvalue weighted by Gasteiger charge is -2.13. The lowest BCUT2D eigenvalue weighted by Crippen LogP contribution is -2.26. The number of rotatable bonds is 3. The molecule has 18 heavy (non-hydrogen) atoms. The van der Waals surface area contributed by atoms with Gasteiger partial charge in [0.2, 0.25) is 0 Å². The molecule has 0 saturated carbocycles. The summed E-state index contributed by atoms with van der Waals surface area (Å²) in [5.74, 6) is -0.428. The Morgan fingerprint density at radius 3 is 2.61 bits per heavy atom. The molecule has 2 rings (SSSR count). The quantitative estimate of drug-likeness (QED) is 0.925. The molecule has 0 aliphatic carbocycles. The minimum atomic E-state index is -0.282. The summed E-state index contributed by atoms with van der Waals surface area (Å²) < 4.78 is 12.8. The van der Waals surface area contributed by atoms with E-state index in [-0.39, 0.29) is 17.8 Å². The van der Waals surface area contributed by atoms with Gasteiger partial charge in [0.25, 0.3) is 5.91 Å². The van der Waals surface area contributed by atoms with Gasteiger partial charge in [0, 0.05) is 0 Å². The Kier molecular flexibility index (Phi) is 3.72. The van der Waals surface area contributed by atoms with Crippen molar-refractivity contribution in [1.82, 2.24) is 10.3 Å². The van der Waals surface area contributed by atoms with Crippen molar-refractivity contribution in [3.63, 3.8) is 0 Å². The van der Waals surface area contributed by atoms with E-state index in [2.05, 4.69) is 10.3 Å². The number of nitrogens with zero attached hydrogens (tertiary/aromatic N) is 1. The third-order valence-corrected chi connectivity index (χ3v) is 3.60. The number of aromatic nitrogens is 1. The molecular formula is C13H13FN2OS. The maximum absolute atomic E-state index is 12.8. The third kappa shape index (κ3) is 2.73. The first-order valence-electron chi connectivity index (χ1n) is 5.54. The Hall–Kier alpha value is -1.75. The van der Waals surface area contributed by atoms with Crippen molar-refractivity contribution in [1.29, 1.82) is 0 Å². The summed E-state index contributed by atoms with van der Waals surface area (Å²) in [6.45, 7) is 3.66. The molecule has 1 N–H and O–H groups in total. The molecule has 1 aromatic carbocycles. The summed E-state index contributed by atoms with van der Waals surface area (Å²) >= 11 is 1.31. The van der Waals surface area contributed by atoms with Crippen molar-refractivity contribution in [2.24, 2.45) is 0 Å². The first-order valence-corrected chi connectivity index (χ1v) is 6.42. The molecule has 1 atom stereocenters. The zero-order chi connectivity index (χ0) is 13.1. The van der Waals surface area contributed by atoms with Crippen LogP contribution in [0.25, 0.3) is 0 Å². The molecule has 0 bridgehead atoms. The van der Waals surface area contributed by atoms with Gasteiger partial charge in [0.1, 0.15) is 10.7 Å². The van der Waals surface area contributed by atoms with E-state index in [0.29, 0.717) is 4.88 Å². The number of amides is 1. The average Bonchev–Trinajstić information content (AvgIpc) is 2.76. The summed E-state index contributed by atoms with van der Waals surface area (Å²) in [4.78, 5) is 16.6. The van der Waals surface area contributed by atoms with Crippen molar-refractivity contribution >= 4 is 17.2 Å². The molecule has 3 nitrogen and oxygen atoms in total. The largest absolute Gasteiger partial charge is 0.345 e. The van der Waals surface area contributed by atoms with Crippen LogP contribution in [0.4, 0.5) is 4.39 Å². The van der Waals surface area contributed by atoms with Crippen molar-refractivity contribution in [2.75, 3.05) is 0 Å². The van der Waals surface area contributed by atoms with Gasteiger partial charge in [-0.1, -0.05) is 12.1 Å². The number of benzene rings is 1. The predicted octanol–water partition coefficient (Wildman–Crippen LogP) is 3.08. The van der Waals surface area contributed by atoms with Crippen LogP contribution in [-0.4, -0.2) is 10.9 Å². The van der Waals surface area contributed by atoms with Gasteiger partial charge in [-0.25, -0.2) is 9.37 Å². The summed E-state index contributed by atoms with van der Waals surface area (Å²) in [7, 11) is 0. The Bertz CT molecular complexity index is 550. The number of carbonyl (C=O) groups is 1. The van der Waals surface area contributed by atoms with Gasteiger partial charge in [-0.15, -0.1) is 11.3 Å². The molecule has 0 saturated heterocycles. The van der Waals surface area contributed by atoms with Gasteiger partial charge in [0.05, 0.1) is 17.2 Å². The number of hydrogen-bond donors (Lipinski definition) is 1. The van der Waals surface area contributed by atoms with Crippen LogP contribution in [-0.2, 0) is 0 Å². The smallest absolute Gasteiger partial charge is 0.263 e. The average molecular weight is 264 g/mol. The predicted molar refractivity (Wildman–Crippen MR) is 69.1 cm³/mol. The topological polar surface area (TPSA) is 42.0 Å². The number of hydrogen-bond acceptors (Lipinski definition) is 3. The molecule has 94 valence electrons. The van der Waals surface area contributed by atoms with Crippen LogP contribution in [0.15, 0.2) is 29.8 Å². The summed E-state index contributed by atoms with van der Waals surface area (Å²) in [6, 6.07) is 5.94. The van der Waals surface area contributed by atoms with Gasteiger partial charge in [-0.05, 0) is 31.5 Å². The fourth-order valence-electron chi connectivity index (χ4n) is 1.62. The second kappa shape index (κ2) is 5.27.